The predicted octanol–water partition coefficient (Wildman–Crippen LogP) is 4.28. The highest BCUT2D eigenvalue weighted by Gasteiger charge is 2.31. The molecule has 0 spiro atoms. The van der Waals surface area contributed by atoms with E-state index in [0.717, 1.165) is 40.5 Å². The van der Waals surface area contributed by atoms with Gasteiger partial charge in [0.15, 0.2) is 0 Å². The Labute approximate surface area is 187 Å². The highest BCUT2D eigenvalue weighted by molar-refractivity contribution is 7.98. The number of halogens is 2. The van der Waals surface area contributed by atoms with Crippen molar-refractivity contribution in [2.24, 2.45) is 11.7 Å². The van der Waals surface area contributed by atoms with Gasteiger partial charge >= 0.3 is 0 Å². The van der Waals surface area contributed by atoms with Crippen molar-refractivity contribution in [2.45, 2.75) is 30.0 Å². The first-order chi connectivity index (χ1) is 13.1. The van der Waals surface area contributed by atoms with Gasteiger partial charge in [-0.3, -0.25) is 4.79 Å². The number of likely N-dealkylation sites (tertiary alicyclic amines) is 1. The van der Waals surface area contributed by atoms with Gasteiger partial charge in [-0.25, -0.2) is 4.98 Å². The molecule has 1 aromatic carbocycles. The Kier molecular flexibility index (Phi) is 8.40. The Morgan fingerprint density at radius 3 is 2.62 bits per heavy atom. The number of aromatic nitrogens is 2. The average Bonchev–Trinajstić information content (AvgIpc) is 3.29. The number of benzene rings is 1. The number of carbonyl (C=O) groups excluding carboxylic acids is 1. The van der Waals surface area contributed by atoms with E-state index in [0.29, 0.717) is 12.5 Å². The van der Waals surface area contributed by atoms with E-state index in [1.54, 1.807) is 11.8 Å². The molecule has 1 aliphatic rings. The summed E-state index contributed by atoms with van der Waals surface area (Å²) >= 11 is 1.73. The van der Waals surface area contributed by atoms with E-state index < -0.39 is 0 Å². The minimum Gasteiger partial charge on any atom is -0.336 e. The van der Waals surface area contributed by atoms with Crippen molar-refractivity contribution in [3.63, 3.8) is 0 Å². The van der Waals surface area contributed by atoms with Crippen molar-refractivity contribution in [1.82, 2.24) is 14.3 Å². The SMILES string of the molecule is CC1CC(CN)CN1C(=O)c1ccc(SCc2cn3ccccc3n2)cc1.Cl.Cl. The van der Waals surface area contributed by atoms with Crippen LogP contribution in [0.2, 0.25) is 0 Å². The van der Waals surface area contributed by atoms with Crippen LogP contribution in [0.4, 0.5) is 0 Å². The van der Waals surface area contributed by atoms with Crippen LogP contribution in [0.25, 0.3) is 5.65 Å². The molecule has 0 radical (unpaired) electrons. The second-order valence-corrected chi connectivity index (χ2v) is 8.20. The molecule has 0 saturated carbocycles. The van der Waals surface area contributed by atoms with Crippen LogP contribution in [0.15, 0.2) is 59.8 Å². The average molecular weight is 453 g/mol. The maximum absolute atomic E-state index is 12.8. The fourth-order valence-corrected chi connectivity index (χ4v) is 4.45. The van der Waals surface area contributed by atoms with Gasteiger partial charge in [-0.2, -0.15) is 0 Å². The first-order valence-corrected chi connectivity index (χ1v) is 10.3. The Balaban J connectivity index is 0.00000150. The van der Waals surface area contributed by atoms with Gasteiger partial charge in [0.1, 0.15) is 5.65 Å². The zero-order chi connectivity index (χ0) is 18.8. The number of nitrogens with two attached hydrogens (primary N) is 1. The zero-order valence-electron chi connectivity index (χ0n) is 16.2. The molecule has 156 valence electrons. The third-order valence-electron chi connectivity index (χ3n) is 5.16. The summed E-state index contributed by atoms with van der Waals surface area (Å²) in [5, 5.41) is 0. The Bertz CT molecular complexity index is 914. The minimum absolute atomic E-state index is 0. The number of hydrogen-bond donors (Lipinski definition) is 1. The number of amides is 1. The predicted molar refractivity (Wildman–Crippen MR) is 123 cm³/mol. The topological polar surface area (TPSA) is 63.6 Å². The van der Waals surface area contributed by atoms with Crippen molar-refractivity contribution in [3.8, 4) is 0 Å². The van der Waals surface area contributed by atoms with E-state index in [1.165, 1.54) is 0 Å². The van der Waals surface area contributed by atoms with Gasteiger partial charge < -0.3 is 15.0 Å². The Hall–Kier alpha value is -1.73. The summed E-state index contributed by atoms with van der Waals surface area (Å²) in [5.74, 6) is 1.33. The molecule has 5 nitrogen and oxygen atoms in total. The second-order valence-electron chi connectivity index (χ2n) is 7.16. The van der Waals surface area contributed by atoms with Crippen LogP contribution in [0.1, 0.15) is 29.4 Å². The van der Waals surface area contributed by atoms with Gasteiger partial charge in [0.2, 0.25) is 0 Å². The molecule has 8 heteroatoms. The molecule has 1 aliphatic heterocycles. The van der Waals surface area contributed by atoms with E-state index >= 15 is 0 Å². The molecular formula is C21H26Cl2N4OS. The van der Waals surface area contributed by atoms with Gasteiger partial charge in [-0.15, -0.1) is 36.6 Å². The van der Waals surface area contributed by atoms with E-state index in [2.05, 4.69) is 18.1 Å². The fourth-order valence-electron chi connectivity index (χ4n) is 3.67. The maximum Gasteiger partial charge on any atom is 0.254 e. The second kappa shape index (κ2) is 10.3. The van der Waals surface area contributed by atoms with Crippen LogP contribution in [0.5, 0.6) is 0 Å². The number of hydrogen-bond acceptors (Lipinski definition) is 4. The summed E-state index contributed by atoms with van der Waals surface area (Å²) in [4.78, 5) is 20.5. The molecule has 0 aliphatic carbocycles. The largest absolute Gasteiger partial charge is 0.336 e. The molecule has 4 rings (SSSR count). The normalized spacial score (nSPS) is 18.3. The summed E-state index contributed by atoms with van der Waals surface area (Å²) in [6.45, 7) is 3.51. The van der Waals surface area contributed by atoms with Crippen LogP contribution in [-0.4, -0.2) is 39.3 Å². The smallest absolute Gasteiger partial charge is 0.254 e. The van der Waals surface area contributed by atoms with Gasteiger partial charge in [0.25, 0.3) is 5.91 Å². The fraction of sp³-hybridized carbons (Fsp3) is 0.333. The Morgan fingerprint density at radius 1 is 1.21 bits per heavy atom. The van der Waals surface area contributed by atoms with Gasteiger partial charge in [0, 0.05) is 41.2 Å². The molecule has 2 atom stereocenters. The molecule has 2 N–H and O–H groups in total. The summed E-state index contributed by atoms with van der Waals surface area (Å²) in [6, 6.07) is 14.2. The molecule has 1 saturated heterocycles. The number of thioether (sulfide) groups is 1. The standard InChI is InChI=1S/C21H24N4OS.2ClH/c1-15-10-16(11-22)12-25(15)21(26)17-5-7-19(8-6-17)27-14-18-13-24-9-3-2-4-20(24)23-18;;/h2-9,13,15-16H,10-12,14,22H2,1H3;2*1H. The van der Waals surface area contributed by atoms with Crippen LogP contribution in [-0.2, 0) is 5.75 Å². The lowest BCUT2D eigenvalue weighted by Gasteiger charge is -2.21. The van der Waals surface area contributed by atoms with E-state index in [4.69, 9.17) is 5.73 Å². The number of fused-ring (bicyclic) bond motifs is 1. The quantitative estimate of drug-likeness (QED) is 0.586. The van der Waals surface area contributed by atoms with Crippen LogP contribution in [0.3, 0.4) is 0 Å². The molecule has 0 bridgehead atoms. The van der Waals surface area contributed by atoms with E-state index in [-0.39, 0.29) is 36.8 Å². The highest BCUT2D eigenvalue weighted by atomic mass is 35.5. The van der Waals surface area contributed by atoms with Crippen molar-refractivity contribution < 1.29 is 4.79 Å². The van der Waals surface area contributed by atoms with E-state index in [1.807, 2.05) is 58.0 Å². The number of imidazole rings is 1. The number of carbonyl (C=O) groups is 1. The number of pyridine rings is 1. The molecule has 1 amide bonds. The lowest BCUT2D eigenvalue weighted by atomic mass is 10.1. The Morgan fingerprint density at radius 2 is 1.97 bits per heavy atom. The van der Waals surface area contributed by atoms with Crippen LogP contribution in [0, 0.1) is 5.92 Å². The van der Waals surface area contributed by atoms with Crippen molar-refractivity contribution >= 4 is 48.1 Å². The van der Waals surface area contributed by atoms with Gasteiger partial charge in [0.05, 0.1) is 5.69 Å². The summed E-state index contributed by atoms with van der Waals surface area (Å²) in [5.41, 5.74) is 8.53. The molecular weight excluding hydrogens is 427 g/mol. The monoisotopic (exact) mass is 452 g/mol. The zero-order valence-corrected chi connectivity index (χ0v) is 18.7. The first-order valence-electron chi connectivity index (χ1n) is 9.30. The van der Waals surface area contributed by atoms with Gasteiger partial charge in [-0.05, 0) is 62.2 Å². The summed E-state index contributed by atoms with van der Waals surface area (Å²) in [6.07, 6.45) is 5.06. The van der Waals surface area contributed by atoms with Gasteiger partial charge in [-0.1, -0.05) is 6.07 Å². The van der Waals surface area contributed by atoms with Crippen molar-refractivity contribution in [3.05, 3.63) is 66.1 Å². The molecule has 3 aromatic rings. The molecule has 3 heterocycles. The molecule has 2 unspecified atom stereocenters. The van der Waals surface area contributed by atoms with Crippen LogP contribution >= 0.6 is 36.6 Å². The third-order valence-corrected chi connectivity index (χ3v) is 6.20. The minimum atomic E-state index is 0. The van der Waals surface area contributed by atoms with Crippen molar-refractivity contribution in [2.75, 3.05) is 13.1 Å². The van der Waals surface area contributed by atoms with Crippen molar-refractivity contribution in [1.29, 1.82) is 0 Å². The van der Waals surface area contributed by atoms with Crippen LogP contribution < -0.4 is 5.73 Å². The summed E-state index contributed by atoms with van der Waals surface area (Å²) < 4.78 is 2.03. The first kappa shape index (κ1) is 23.5. The lowest BCUT2D eigenvalue weighted by Crippen LogP contribution is -2.34. The molecule has 29 heavy (non-hydrogen) atoms. The number of nitrogens with zero attached hydrogens (tertiary/aromatic N) is 3. The molecule has 2 aromatic heterocycles. The lowest BCUT2D eigenvalue weighted by molar-refractivity contribution is 0.0743. The number of rotatable bonds is 5. The van der Waals surface area contributed by atoms with E-state index in [9.17, 15) is 4.79 Å². The summed E-state index contributed by atoms with van der Waals surface area (Å²) in [7, 11) is 0. The maximum atomic E-state index is 12.8. The highest BCUT2D eigenvalue weighted by Crippen LogP contribution is 2.26. The third kappa shape index (κ3) is 5.25. The molecule has 1 fully saturated rings.